The van der Waals surface area contributed by atoms with Crippen LogP contribution in [0.4, 0.5) is 0 Å². The van der Waals surface area contributed by atoms with Crippen molar-refractivity contribution >= 4 is 10.4 Å². The third kappa shape index (κ3) is 65.6. The molecule has 10 nitrogen and oxygen atoms in total. The van der Waals surface area contributed by atoms with Crippen LogP contribution < -0.4 is 0 Å². The predicted molar refractivity (Wildman–Crippen MR) is 113 cm³/mol. The number of aliphatic hydroxyl groups is 3. The summed E-state index contributed by atoms with van der Waals surface area (Å²) in [5.41, 5.74) is 0. The van der Waals surface area contributed by atoms with Crippen LogP contribution in [-0.2, 0) is 19.9 Å². The fourth-order valence-electron chi connectivity index (χ4n) is 2.05. The van der Waals surface area contributed by atoms with Crippen molar-refractivity contribution in [1.29, 1.82) is 0 Å². The summed E-state index contributed by atoms with van der Waals surface area (Å²) in [6.45, 7) is 4.36. The average molecular weight is 453 g/mol. The fourth-order valence-corrected chi connectivity index (χ4v) is 2.05. The number of aliphatic hydroxyl groups excluding tert-OH is 3. The third-order valence-electron chi connectivity index (χ3n) is 3.35. The van der Waals surface area contributed by atoms with E-state index in [1.807, 2.05) is 0 Å². The molecule has 0 aromatic carbocycles. The van der Waals surface area contributed by atoms with E-state index in [4.69, 9.17) is 42.3 Å². The van der Waals surface area contributed by atoms with Gasteiger partial charge >= 0.3 is 10.4 Å². The van der Waals surface area contributed by atoms with Gasteiger partial charge in [0.1, 0.15) is 0 Å². The molecule has 182 valence electrons. The van der Waals surface area contributed by atoms with Gasteiger partial charge in [-0.15, -0.1) is 0 Å². The average Bonchev–Trinajstić information content (AvgIpc) is 2.62. The van der Waals surface area contributed by atoms with Crippen LogP contribution in [-0.4, -0.2) is 84.6 Å². The van der Waals surface area contributed by atoms with Gasteiger partial charge in [-0.25, -0.2) is 0 Å². The van der Waals surface area contributed by atoms with Gasteiger partial charge in [-0.1, -0.05) is 64.7 Å². The van der Waals surface area contributed by atoms with E-state index in [1.54, 1.807) is 0 Å². The van der Waals surface area contributed by atoms with Crippen LogP contribution in [0.3, 0.4) is 0 Å². The summed E-state index contributed by atoms with van der Waals surface area (Å²) in [6, 6.07) is 0. The number of hydrogen-bond donors (Lipinski definition) is 5. The van der Waals surface area contributed by atoms with Crippen LogP contribution in [0.2, 0.25) is 0 Å². The second-order valence-electron chi connectivity index (χ2n) is 6.03. The molecule has 11 heteroatoms. The molecular weight excluding hydrogens is 408 g/mol. The molecule has 0 aliphatic rings. The maximum Gasteiger partial charge on any atom is 0.394 e. The minimum Gasteiger partial charge on any atom is -0.412 e. The highest BCUT2D eigenvalue weighted by Crippen LogP contribution is 2.09. The summed E-state index contributed by atoms with van der Waals surface area (Å²) in [6.07, 6.45) is 13.3. The maximum atomic E-state index is 8.74. The normalized spacial score (nSPS) is 10.3. The molecule has 0 heterocycles. The SMILES string of the molecule is CCCCCCCCCCCCO.O.O=S(=O)(O)O.OCCOCCOCCO. The van der Waals surface area contributed by atoms with Crippen LogP contribution in [0, 0.1) is 0 Å². The first kappa shape index (κ1) is 36.0. The maximum absolute atomic E-state index is 8.74. The molecule has 7 N–H and O–H groups in total. The van der Waals surface area contributed by atoms with Crippen LogP contribution >= 0.6 is 0 Å². The first-order valence-electron chi connectivity index (χ1n) is 10.0. The lowest BCUT2D eigenvalue weighted by molar-refractivity contribution is 0.0222. The number of hydrogen-bond acceptors (Lipinski definition) is 7. The molecule has 0 aromatic heterocycles. The first-order chi connectivity index (χ1) is 13.3. The van der Waals surface area contributed by atoms with Gasteiger partial charge in [0.05, 0.1) is 39.6 Å². The van der Waals surface area contributed by atoms with Gasteiger partial charge in [0, 0.05) is 6.61 Å². The largest absolute Gasteiger partial charge is 0.412 e. The summed E-state index contributed by atoms with van der Waals surface area (Å²) < 4.78 is 41.3. The number of unbranched alkanes of at least 4 members (excludes halogenated alkanes) is 9. The predicted octanol–water partition coefficient (Wildman–Crippen LogP) is 1.43. The lowest BCUT2D eigenvalue weighted by Crippen LogP contribution is -2.09. The Kier molecular flexibility index (Phi) is 40.1. The Hall–Kier alpha value is -0.370. The van der Waals surface area contributed by atoms with E-state index in [1.165, 1.54) is 57.8 Å². The summed E-state index contributed by atoms with van der Waals surface area (Å²) in [5, 5.41) is 25.1. The summed E-state index contributed by atoms with van der Waals surface area (Å²) in [4.78, 5) is 0. The van der Waals surface area contributed by atoms with Crippen molar-refractivity contribution in [1.82, 2.24) is 0 Å². The Morgan fingerprint density at radius 2 is 0.897 bits per heavy atom. The van der Waals surface area contributed by atoms with E-state index in [9.17, 15) is 0 Å². The Balaban J connectivity index is -0.000000174. The Morgan fingerprint density at radius 3 is 1.17 bits per heavy atom. The molecule has 0 saturated heterocycles. The zero-order valence-electron chi connectivity index (χ0n) is 17.8. The molecule has 0 unspecified atom stereocenters. The Labute approximate surface area is 176 Å². The lowest BCUT2D eigenvalue weighted by Gasteiger charge is -2.01. The fraction of sp³-hybridized carbons (Fsp3) is 1.00. The van der Waals surface area contributed by atoms with Crippen molar-refractivity contribution in [2.75, 3.05) is 46.2 Å². The second kappa shape index (κ2) is 32.3. The molecule has 0 spiro atoms. The molecule has 0 aliphatic carbocycles. The number of ether oxygens (including phenoxy) is 2. The first-order valence-corrected chi connectivity index (χ1v) is 11.4. The van der Waals surface area contributed by atoms with Gasteiger partial charge in [-0.05, 0) is 6.42 Å². The van der Waals surface area contributed by atoms with Gasteiger partial charge in [0.25, 0.3) is 0 Å². The van der Waals surface area contributed by atoms with Crippen LogP contribution in [0.5, 0.6) is 0 Å². The lowest BCUT2D eigenvalue weighted by atomic mass is 10.1. The van der Waals surface area contributed by atoms with Gasteiger partial charge < -0.3 is 30.3 Å². The molecular formula is C18H44O10S. The number of rotatable bonds is 17. The molecule has 0 radical (unpaired) electrons. The topological polar surface area (TPSA) is 185 Å². The van der Waals surface area contributed by atoms with Gasteiger partial charge in [0.2, 0.25) is 0 Å². The van der Waals surface area contributed by atoms with Crippen LogP contribution in [0.25, 0.3) is 0 Å². The monoisotopic (exact) mass is 452 g/mol. The van der Waals surface area contributed by atoms with Crippen molar-refractivity contribution in [2.45, 2.75) is 71.1 Å². The molecule has 0 fully saturated rings. The summed E-state index contributed by atoms with van der Waals surface area (Å²) in [7, 11) is -4.67. The molecule has 29 heavy (non-hydrogen) atoms. The highest BCUT2D eigenvalue weighted by Gasteiger charge is 1.91. The standard InChI is InChI=1S/C12H26O.C6H14O4.H2O4S.H2O/c1-2-3-4-5-6-7-8-9-10-11-12-13;7-1-3-9-5-6-10-4-2-8;1-5(2,3)4;/h13H,2-12H2,1H3;7-8H,1-6H2;(H2,1,2,3,4);1H2. The van der Waals surface area contributed by atoms with E-state index >= 15 is 0 Å². The van der Waals surface area contributed by atoms with E-state index in [2.05, 4.69) is 6.92 Å². The molecule has 0 aliphatic heterocycles. The van der Waals surface area contributed by atoms with E-state index in [-0.39, 0.29) is 18.7 Å². The second-order valence-corrected chi connectivity index (χ2v) is 6.92. The quantitative estimate of drug-likeness (QED) is 0.161. The zero-order valence-corrected chi connectivity index (χ0v) is 18.6. The third-order valence-corrected chi connectivity index (χ3v) is 3.35. The van der Waals surface area contributed by atoms with Gasteiger partial charge in [-0.3, -0.25) is 9.11 Å². The summed E-state index contributed by atoms with van der Waals surface area (Å²) >= 11 is 0. The summed E-state index contributed by atoms with van der Waals surface area (Å²) in [5.74, 6) is 0. The highest BCUT2D eigenvalue weighted by atomic mass is 32.3. The van der Waals surface area contributed by atoms with Crippen molar-refractivity contribution in [2.24, 2.45) is 0 Å². The van der Waals surface area contributed by atoms with Gasteiger partial charge in [0.15, 0.2) is 0 Å². The molecule has 0 saturated carbocycles. The van der Waals surface area contributed by atoms with Crippen molar-refractivity contribution in [3.8, 4) is 0 Å². The van der Waals surface area contributed by atoms with Crippen LogP contribution in [0.1, 0.15) is 71.1 Å². The van der Waals surface area contributed by atoms with Crippen LogP contribution in [0.15, 0.2) is 0 Å². The highest BCUT2D eigenvalue weighted by molar-refractivity contribution is 7.79. The molecule has 0 atom stereocenters. The Morgan fingerprint density at radius 1 is 0.586 bits per heavy atom. The van der Waals surface area contributed by atoms with E-state index in [0.29, 0.717) is 33.0 Å². The minimum absolute atomic E-state index is 0. The van der Waals surface area contributed by atoms with E-state index < -0.39 is 10.4 Å². The molecule has 0 bridgehead atoms. The molecule has 0 amide bonds. The minimum atomic E-state index is -4.67. The van der Waals surface area contributed by atoms with E-state index in [0.717, 1.165) is 6.42 Å². The molecule has 0 aromatic rings. The smallest absolute Gasteiger partial charge is 0.394 e. The molecule has 0 rings (SSSR count). The van der Waals surface area contributed by atoms with Crippen molar-refractivity contribution < 1.29 is 47.8 Å². The van der Waals surface area contributed by atoms with Gasteiger partial charge in [-0.2, -0.15) is 8.42 Å². The van der Waals surface area contributed by atoms with Crippen molar-refractivity contribution in [3.63, 3.8) is 0 Å². The Bertz CT molecular complexity index is 327. The zero-order chi connectivity index (χ0) is 21.9. The van der Waals surface area contributed by atoms with Crippen molar-refractivity contribution in [3.05, 3.63) is 0 Å².